The van der Waals surface area contributed by atoms with Crippen LogP contribution in [0, 0.1) is 0 Å². The summed E-state index contributed by atoms with van der Waals surface area (Å²) in [6.07, 6.45) is 0.839. The number of para-hydroxylation sites is 1. The average Bonchev–Trinajstić information content (AvgIpc) is 2.34. The second-order valence-electron chi connectivity index (χ2n) is 3.74. The molecule has 3 heteroatoms. The van der Waals surface area contributed by atoms with Crippen LogP contribution < -0.4 is 10.5 Å². The van der Waals surface area contributed by atoms with Crippen molar-refractivity contribution in [1.82, 2.24) is 0 Å². The number of nitrogens with two attached hydrogens (primary N) is 1. The number of rotatable bonds is 4. The molecule has 0 aliphatic heterocycles. The highest BCUT2D eigenvalue weighted by Gasteiger charge is 2.05. The topological polar surface area (TPSA) is 35.2 Å². The van der Waals surface area contributed by atoms with Crippen molar-refractivity contribution in [2.24, 2.45) is 0 Å². The van der Waals surface area contributed by atoms with E-state index in [0.717, 1.165) is 6.42 Å². The molecule has 0 aromatic heterocycles. The highest BCUT2D eigenvalue weighted by molar-refractivity contribution is 6.32. The van der Waals surface area contributed by atoms with Gasteiger partial charge in [0.05, 0.1) is 17.3 Å². The van der Waals surface area contributed by atoms with Crippen molar-refractivity contribution in [1.29, 1.82) is 0 Å². The van der Waals surface area contributed by atoms with Gasteiger partial charge in [-0.2, -0.15) is 0 Å². The van der Waals surface area contributed by atoms with Gasteiger partial charge in [0, 0.05) is 6.42 Å². The number of hydrogen-bond acceptors (Lipinski definition) is 2. The first-order valence-corrected chi connectivity index (χ1v) is 5.86. The summed E-state index contributed by atoms with van der Waals surface area (Å²) in [6.45, 7) is 0.567. The van der Waals surface area contributed by atoms with Crippen molar-refractivity contribution in [3.8, 4) is 5.75 Å². The van der Waals surface area contributed by atoms with E-state index in [1.54, 1.807) is 12.1 Å². The van der Waals surface area contributed by atoms with Crippen LogP contribution in [0.2, 0.25) is 5.02 Å². The minimum Gasteiger partial charge on any atom is -0.490 e. The molecule has 2 rings (SSSR count). The summed E-state index contributed by atoms with van der Waals surface area (Å²) < 4.78 is 5.61. The summed E-state index contributed by atoms with van der Waals surface area (Å²) in [4.78, 5) is 0. The van der Waals surface area contributed by atoms with Crippen LogP contribution >= 0.6 is 11.6 Å². The average molecular weight is 248 g/mol. The van der Waals surface area contributed by atoms with Gasteiger partial charge in [-0.05, 0) is 17.7 Å². The molecule has 2 aromatic rings. The Morgan fingerprint density at radius 2 is 1.76 bits per heavy atom. The predicted molar refractivity (Wildman–Crippen MR) is 71.5 cm³/mol. The van der Waals surface area contributed by atoms with E-state index < -0.39 is 0 Å². The van der Waals surface area contributed by atoms with Gasteiger partial charge in [0.15, 0.2) is 5.75 Å². The number of halogens is 1. The molecule has 0 unspecified atom stereocenters. The molecule has 0 spiro atoms. The van der Waals surface area contributed by atoms with Gasteiger partial charge in [0.2, 0.25) is 0 Å². The molecule has 0 saturated heterocycles. The molecule has 0 aliphatic carbocycles. The van der Waals surface area contributed by atoms with Gasteiger partial charge in [0.25, 0.3) is 0 Å². The fourth-order valence-electron chi connectivity index (χ4n) is 1.59. The second kappa shape index (κ2) is 5.60. The first-order chi connectivity index (χ1) is 8.27. The van der Waals surface area contributed by atoms with Crippen LogP contribution in [0.5, 0.6) is 5.75 Å². The molecule has 0 saturated carbocycles. The lowest BCUT2D eigenvalue weighted by Crippen LogP contribution is -2.03. The van der Waals surface area contributed by atoms with E-state index in [9.17, 15) is 0 Å². The molecule has 0 atom stereocenters. The molecule has 0 aliphatic rings. The molecule has 2 N–H and O–H groups in total. The number of ether oxygens (including phenoxy) is 1. The number of nitrogen functional groups attached to an aromatic ring is 1. The quantitative estimate of drug-likeness (QED) is 0.839. The monoisotopic (exact) mass is 247 g/mol. The van der Waals surface area contributed by atoms with Crippen LogP contribution in [0.15, 0.2) is 48.5 Å². The van der Waals surface area contributed by atoms with E-state index in [1.165, 1.54) is 5.56 Å². The lowest BCUT2D eigenvalue weighted by atomic mass is 10.2. The SMILES string of the molecule is Nc1cccc(Cl)c1OCCc1ccccc1. The molecular weight excluding hydrogens is 234 g/mol. The maximum atomic E-state index is 6.01. The van der Waals surface area contributed by atoms with Crippen molar-refractivity contribution in [3.63, 3.8) is 0 Å². The third-order valence-corrected chi connectivity index (χ3v) is 2.78. The Kier molecular flexibility index (Phi) is 3.89. The van der Waals surface area contributed by atoms with Crippen LogP contribution in [0.1, 0.15) is 5.56 Å². The van der Waals surface area contributed by atoms with E-state index in [1.807, 2.05) is 24.3 Å². The molecule has 0 bridgehead atoms. The first kappa shape index (κ1) is 11.8. The van der Waals surface area contributed by atoms with Crippen molar-refractivity contribution < 1.29 is 4.74 Å². The summed E-state index contributed by atoms with van der Waals surface area (Å²) >= 11 is 6.01. The highest BCUT2D eigenvalue weighted by atomic mass is 35.5. The lowest BCUT2D eigenvalue weighted by molar-refractivity contribution is 0.324. The summed E-state index contributed by atoms with van der Waals surface area (Å²) in [5, 5.41) is 0.554. The van der Waals surface area contributed by atoms with Crippen LogP contribution in [0.25, 0.3) is 0 Å². The van der Waals surface area contributed by atoms with Gasteiger partial charge < -0.3 is 10.5 Å². The van der Waals surface area contributed by atoms with Crippen molar-refractivity contribution >= 4 is 17.3 Å². The maximum absolute atomic E-state index is 6.01. The summed E-state index contributed by atoms with van der Waals surface area (Å²) in [5.74, 6) is 0.574. The van der Waals surface area contributed by atoms with E-state index in [-0.39, 0.29) is 0 Å². The van der Waals surface area contributed by atoms with Crippen molar-refractivity contribution in [3.05, 3.63) is 59.1 Å². The van der Waals surface area contributed by atoms with E-state index in [0.29, 0.717) is 23.1 Å². The Morgan fingerprint density at radius 3 is 2.47 bits per heavy atom. The second-order valence-corrected chi connectivity index (χ2v) is 4.15. The third-order valence-electron chi connectivity index (χ3n) is 2.48. The fourth-order valence-corrected chi connectivity index (χ4v) is 1.83. The van der Waals surface area contributed by atoms with Crippen molar-refractivity contribution in [2.45, 2.75) is 6.42 Å². The van der Waals surface area contributed by atoms with Gasteiger partial charge in [-0.15, -0.1) is 0 Å². The Labute approximate surface area is 106 Å². The Morgan fingerprint density at radius 1 is 1.00 bits per heavy atom. The molecule has 0 radical (unpaired) electrons. The standard InChI is InChI=1S/C14H14ClNO/c15-12-7-4-8-13(16)14(12)17-10-9-11-5-2-1-3-6-11/h1-8H,9-10,16H2. The normalized spacial score (nSPS) is 10.2. The highest BCUT2D eigenvalue weighted by Crippen LogP contribution is 2.30. The number of benzene rings is 2. The zero-order valence-electron chi connectivity index (χ0n) is 9.40. The van der Waals surface area contributed by atoms with E-state index in [4.69, 9.17) is 22.1 Å². The molecule has 17 heavy (non-hydrogen) atoms. The molecule has 0 heterocycles. The smallest absolute Gasteiger partial charge is 0.160 e. The zero-order chi connectivity index (χ0) is 12.1. The Bertz CT molecular complexity index is 465. The molecule has 2 aromatic carbocycles. The Balaban J connectivity index is 1.95. The van der Waals surface area contributed by atoms with Gasteiger partial charge in [0.1, 0.15) is 0 Å². The zero-order valence-corrected chi connectivity index (χ0v) is 10.2. The number of hydrogen-bond donors (Lipinski definition) is 1. The molecule has 0 fully saturated rings. The van der Waals surface area contributed by atoms with Gasteiger partial charge >= 0.3 is 0 Å². The molecular formula is C14H14ClNO. The lowest BCUT2D eigenvalue weighted by Gasteiger charge is -2.10. The Hall–Kier alpha value is -1.67. The van der Waals surface area contributed by atoms with Crippen LogP contribution in [0.4, 0.5) is 5.69 Å². The number of anilines is 1. The van der Waals surface area contributed by atoms with E-state index >= 15 is 0 Å². The predicted octanol–water partition coefficient (Wildman–Crippen LogP) is 3.54. The van der Waals surface area contributed by atoms with Crippen LogP contribution in [-0.2, 0) is 6.42 Å². The van der Waals surface area contributed by atoms with Gasteiger partial charge in [-0.1, -0.05) is 48.0 Å². The van der Waals surface area contributed by atoms with Gasteiger partial charge in [-0.3, -0.25) is 0 Å². The fraction of sp³-hybridized carbons (Fsp3) is 0.143. The first-order valence-electron chi connectivity index (χ1n) is 5.48. The minimum atomic E-state index is 0.554. The molecule has 2 nitrogen and oxygen atoms in total. The minimum absolute atomic E-state index is 0.554. The van der Waals surface area contributed by atoms with Crippen LogP contribution in [0.3, 0.4) is 0 Å². The summed E-state index contributed by atoms with van der Waals surface area (Å²) in [6, 6.07) is 15.5. The molecule has 0 amide bonds. The van der Waals surface area contributed by atoms with Crippen LogP contribution in [-0.4, -0.2) is 6.61 Å². The summed E-state index contributed by atoms with van der Waals surface area (Å²) in [5.41, 5.74) is 7.60. The molecule has 88 valence electrons. The van der Waals surface area contributed by atoms with Crippen molar-refractivity contribution in [2.75, 3.05) is 12.3 Å². The summed E-state index contributed by atoms with van der Waals surface area (Å²) in [7, 11) is 0. The largest absolute Gasteiger partial charge is 0.490 e. The van der Waals surface area contributed by atoms with E-state index in [2.05, 4.69) is 12.1 Å². The maximum Gasteiger partial charge on any atom is 0.160 e. The van der Waals surface area contributed by atoms with Gasteiger partial charge in [-0.25, -0.2) is 0 Å². The third kappa shape index (κ3) is 3.14.